The van der Waals surface area contributed by atoms with E-state index in [-0.39, 0.29) is 48.1 Å². The summed E-state index contributed by atoms with van der Waals surface area (Å²) in [5.74, 6) is -2.68. The Balaban J connectivity index is 1.97. The minimum atomic E-state index is -3.63. The number of benzene rings is 1. The second-order valence-electron chi connectivity index (χ2n) is 9.80. The third kappa shape index (κ3) is 7.12. The predicted octanol–water partition coefficient (Wildman–Crippen LogP) is 3.40. The van der Waals surface area contributed by atoms with Gasteiger partial charge in [-0.2, -0.15) is 4.98 Å². The molecule has 1 aliphatic heterocycles. The molecule has 0 radical (unpaired) electrons. The number of carbonyl (C=O) groups is 2. The van der Waals surface area contributed by atoms with Crippen molar-refractivity contribution >= 4 is 21.8 Å². The topological polar surface area (TPSA) is 132 Å². The summed E-state index contributed by atoms with van der Waals surface area (Å²) in [6.07, 6.45) is 0.638. The summed E-state index contributed by atoms with van der Waals surface area (Å²) in [4.78, 5) is 31.3. The highest BCUT2D eigenvalue weighted by Crippen LogP contribution is 2.29. The highest BCUT2D eigenvalue weighted by atomic mass is 32.2. The van der Waals surface area contributed by atoms with Crippen LogP contribution in [-0.4, -0.2) is 72.6 Å². The number of ether oxygens (including phenoxy) is 1. The Bertz CT molecular complexity index is 1270. The first-order valence-electron chi connectivity index (χ1n) is 11.6. The molecule has 0 unspecified atom stereocenters. The Morgan fingerprint density at radius 3 is 2.62 bits per heavy atom. The molecule has 0 aliphatic carbocycles. The van der Waals surface area contributed by atoms with Crippen molar-refractivity contribution in [2.75, 3.05) is 19.3 Å². The quantitative estimate of drug-likeness (QED) is 0.504. The zero-order chi connectivity index (χ0) is 27.5. The number of alkyl halides is 1. The van der Waals surface area contributed by atoms with Gasteiger partial charge >= 0.3 is 6.09 Å². The molecule has 0 saturated carbocycles. The zero-order valence-electron chi connectivity index (χ0n) is 21.0. The second-order valence-corrected chi connectivity index (χ2v) is 11.8. The molecule has 202 valence electrons. The van der Waals surface area contributed by atoms with Gasteiger partial charge in [-0.05, 0) is 51.8 Å². The molecule has 1 aliphatic rings. The lowest BCUT2D eigenvalue weighted by atomic mass is 9.94. The molecule has 10 nitrogen and oxygen atoms in total. The average molecular weight is 541 g/mol. The number of likely N-dealkylation sites (tertiary alicyclic amines) is 1. The monoisotopic (exact) mass is 540 g/mol. The Morgan fingerprint density at radius 1 is 1.38 bits per heavy atom. The summed E-state index contributed by atoms with van der Waals surface area (Å²) in [6, 6.07) is 1.99. The molecule has 1 N–H and O–H groups in total. The van der Waals surface area contributed by atoms with Crippen molar-refractivity contribution in [3.8, 4) is 11.4 Å². The number of carbonyl (C=O) groups excluding carboxylic acids is 2. The van der Waals surface area contributed by atoms with Crippen LogP contribution in [0.5, 0.6) is 0 Å². The first-order chi connectivity index (χ1) is 17.2. The van der Waals surface area contributed by atoms with Crippen LogP contribution in [0.2, 0.25) is 0 Å². The van der Waals surface area contributed by atoms with Crippen molar-refractivity contribution in [3.63, 3.8) is 0 Å². The molecule has 1 saturated heterocycles. The second kappa shape index (κ2) is 11.0. The van der Waals surface area contributed by atoms with Crippen molar-refractivity contribution in [2.45, 2.75) is 62.2 Å². The maximum Gasteiger partial charge on any atom is 0.408 e. The minimum absolute atomic E-state index is 0.0935. The van der Waals surface area contributed by atoms with Gasteiger partial charge in [0.15, 0.2) is 9.84 Å². The van der Waals surface area contributed by atoms with E-state index in [1.54, 1.807) is 20.8 Å². The highest BCUT2D eigenvalue weighted by molar-refractivity contribution is 7.90. The summed E-state index contributed by atoms with van der Waals surface area (Å²) in [7, 11) is -3.63. The van der Waals surface area contributed by atoms with Crippen molar-refractivity contribution in [1.82, 2.24) is 20.4 Å². The summed E-state index contributed by atoms with van der Waals surface area (Å²) in [6.45, 7) is 8.71. The smallest absolute Gasteiger partial charge is 0.408 e. The number of hydrogen-bond acceptors (Lipinski definition) is 8. The molecule has 3 rings (SSSR count). The van der Waals surface area contributed by atoms with E-state index in [2.05, 4.69) is 22.0 Å². The van der Waals surface area contributed by atoms with Crippen LogP contribution in [0.1, 0.15) is 45.4 Å². The van der Waals surface area contributed by atoms with Crippen LogP contribution in [0.3, 0.4) is 0 Å². The van der Waals surface area contributed by atoms with Gasteiger partial charge in [0.2, 0.25) is 17.6 Å². The summed E-state index contributed by atoms with van der Waals surface area (Å²) in [5.41, 5.74) is -0.973. The normalized spacial score (nSPS) is 17.8. The van der Waals surface area contributed by atoms with Gasteiger partial charge in [0.05, 0.1) is 22.9 Å². The third-order valence-corrected chi connectivity index (χ3v) is 6.68. The van der Waals surface area contributed by atoms with E-state index >= 15 is 0 Å². The lowest BCUT2D eigenvalue weighted by Gasteiger charge is -2.29. The van der Waals surface area contributed by atoms with E-state index in [0.29, 0.717) is 0 Å². The maximum absolute atomic E-state index is 14.7. The number of rotatable bonds is 8. The van der Waals surface area contributed by atoms with Crippen molar-refractivity contribution in [3.05, 3.63) is 42.6 Å². The van der Waals surface area contributed by atoms with Crippen LogP contribution in [0.25, 0.3) is 11.4 Å². The number of alkyl carbamates (subject to hydrolysis) is 1. The molecule has 37 heavy (non-hydrogen) atoms. The number of nitrogens with one attached hydrogen (secondary N) is 1. The van der Waals surface area contributed by atoms with Gasteiger partial charge in [0, 0.05) is 12.8 Å². The largest absolute Gasteiger partial charge is 0.444 e. The van der Waals surface area contributed by atoms with Crippen LogP contribution in [0.15, 0.2) is 40.3 Å². The summed E-state index contributed by atoms with van der Waals surface area (Å²) >= 11 is 0. The number of aromatic nitrogens is 2. The number of allylic oxidation sites excluding steroid dienone is 1. The Morgan fingerprint density at radius 2 is 2.08 bits per heavy atom. The van der Waals surface area contributed by atoms with Crippen molar-refractivity contribution in [2.24, 2.45) is 0 Å². The van der Waals surface area contributed by atoms with E-state index < -0.39 is 51.4 Å². The van der Waals surface area contributed by atoms with Crippen molar-refractivity contribution < 1.29 is 36.0 Å². The number of halogens is 2. The van der Waals surface area contributed by atoms with Crippen LogP contribution < -0.4 is 5.32 Å². The van der Waals surface area contributed by atoms with Crippen LogP contribution in [0, 0.1) is 5.82 Å². The van der Waals surface area contributed by atoms with Gasteiger partial charge in [-0.15, -0.1) is 6.58 Å². The molecule has 2 aromatic rings. The molecule has 13 heteroatoms. The molecule has 0 spiro atoms. The fraction of sp³-hybridized carbons (Fsp3) is 0.500. The third-order valence-electron chi connectivity index (χ3n) is 5.57. The number of hydrogen-bond donors (Lipinski definition) is 1. The van der Waals surface area contributed by atoms with Crippen molar-refractivity contribution in [1.29, 1.82) is 0 Å². The van der Waals surface area contributed by atoms with E-state index in [1.807, 2.05) is 0 Å². The molecule has 1 aromatic heterocycles. The minimum Gasteiger partial charge on any atom is -0.444 e. The lowest BCUT2D eigenvalue weighted by molar-refractivity contribution is -0.133. The molecule has 0 bridgehead atoms. The summed E-state index contributed by atoms with van der Waals surface area (Å²) in [5, 5.41) is 6.34. The Labute approximate surface area is 214 Å². The fourth-order valence-electron chi connectivity index (χ4n) is 3.85. The zero-order valence-corrected chi connectivity index (χ0v) is 21.8. The first kappa shape index (κ1) is 28.2. The van der Waals surface area contributed by atoms with E-state index in [1.165, 1.54) is 23.1 Å². The summed E-state index contributed by atoms with van der Waals surface area (Å²) < 4.78 is 62.6. The van der Waals surface area contributed by atoms with Gasteiger partial charge in [0.1, 0.15) is 23.6 Å². The molecular weight excluding hydrogens is 510 g/mol. The van der Waals surface area contributed by atoms with Gasteiger partial charge in [0.25, 0.3) is 0 Å². The van der Waals surface area contributed by atoms with Crippen LogP contribution in [-0.2, 0) is 19.4 Å². The number of amides is 2. The predicted molar refractivity (Wildman–Crippen MR) is 130 cm³/mol. The number of sulfone groups is 1. The van der Waals surface area contributed by atoms with Gasteiger partial charge < -0.3 is 19.5 Å². The molecule has 3 atom stereocenters. The standard InChI is InChI=1S/C24H30F2N4O6S/c1-6-7-17(19(27-23(32)35-24(2,3)4)22(31)30-11-10-14(25)13-30)21-28-20(29-36-21)16-9-8-15(12-18(16)26)37(5,33)34/h6,8-9,12,14,17,19H,1,7,10-11,13H2,2-5H3,(H,27,32)/t14-,17-,19-/m0/s1. The molecule has 1 fully saturated rings. The molecule has 2 heterocycles. The number of nitrogens with zero attached hydrogens (tertiary/aromatic N) is 3. The van der Waals surface area contributed by atoms with E-state index in [9.17, 15) is 26.8 Å². The van der Waals surface area contributed by atoms with Gasteiger partial charge in [-0.3, -0.25) is 4.79 Å². The maximum atomic E-state index is 14.7. The first-order valence-corrected chi connectivity index (χ1v) is 13.5. The average Bonchev–Trinajstić information content (AvgIpc) is 3.43. The SMILES string of the molecule is C=CC[C@H](c1nc(-c2ccc(S(C)(=O)=O)cc2F)no1)[C@H](NC(=O)OC(C)(C)C)C(=O)N1CC[C@H](F)C1. The van der Waals surface area contributed by atoms with E-state index in [4.69, 9.17) is 9.26 Å². The van der Waals surface area contributed by atoms with Gasteiger partial charge in [-0.25, -0.2) is 22.0 Å². The van der Waals surface area contributed by atoms with Gasteiger partial charge in [-0.1, -0.05) is 11.2 Å². The Kier molecular flexibility index (Phi) is 8.35. The molecule has 2 amide bonds. The van der Waals surface area contributed by atoms with Crippen LogP contribution in [0.4, 0.5) is 13.6 Å². The molecule has 1 aromatic carbocycles. The van der Waals surface area contributed by atoms with Crippen LogP contribution >= 0.6 is 0 Å². The molecular formula is C24H30F2N4O6S. The van der Waals surface area contributed by atoms with E-state index in [0.717, 1.165) is 12.3 Å². The highest BCUT2D eigenvalue weighted by Gasteiger charge is 2.40. The Hall–Kier alpha value is -3.35. The lowest BCUT2D eigenvalue weighted by Crippen LogP contribution is -2.52. The fourth-order valence-corrected chi connectivity index (χ4v) is 4.48.